The molecule has 28 heavy (non-hydrogen) atoms. The third-order valence-corrected chi connectivity index (χ3v) is 4.90. The van der Waals surface area contributed by atoms with E-state index in [1.807, 2.05) is 4.90 Å². The van der Waals surface area contributed by atoms with E-state index < -0.39 is 0 Å². The van der Waals surface area contributed by atoms with Crippen molar-refractivity contribution in [3.63, 3.8) is 0 Å². The smallest absolute Gasteiger partial charge is 0.253 e. The number of hydrogen-bond donors (Lipinski definition) is 1. The standard InChI is InChI=1S/C22H24N4O2/c1-16-4-3-5-20(14-16)26-13-12-25(15-17(26)2)22(28)18-6-8-19(9-7-18)24-21(27)10-11-23/h3-9,14,17H,10,12-13,15H2,1-2H3,(H,24,27)/t17-/m1/s1. The molecule has 0 radical (unpaired) electrons. The van der Waals surface area contributed by atoms with Crippen molar-refractivity contribution < 1.29 is 9.59 Å². The van der Waals surface area contributed by atoms with E-state index in [1.54, 1.807) is 30.3 Å². The zero-order valence-electron chi connectivity index (χ0n) is 16.2. The monoisotopic (exact) mass is 376 g/mol. The highest BCUT2D eigenvalue weighted by atomic mass is 16.2. The lowest BCUT2D eigenvalue weighted by Crippen LogP contribution is -2.53. The Hall–Kier alpha value is -3.33. The molecule has 1 N–H and O–H groups in total. The summed E-state index contributed by atoms with van der Waals surface area (Å²) in [4.78, 5) is 28.5. The summed E-state index contributed by atoms with van der Waals surface area (Å²) in [6.07, 6.45) is -0.191. The Labute approximate surface area is 165 Å². The third-order valence-electron chi connectivity index (χ3n) is 4.90. The summed E-state index contributed by atoms with van der Waals surface area (Å²) in [5, 5.41) is 11.2. The molecule has 1 atom stereocenters. The van der Waals surface area contributed by atoms with Crippen molar-refractivity contribution in [3.05, 3.63) is 59.7 Å². The number of benzene rings is 2. The van der Waals surface area contributed by atoms with Crippen molar-refractivity contribution in [1.29, 1.82) is 5.26 Å². The number of piperazine rings is 1. The first-order valence-corrected chi connectivity index (χ1v) is 9.37. The molecule has 1 aliphatic heterocycles. The van der Waals surface area contributed by atoms with Gasteiger partial charge in [0.25, 0.3) is 5.91 Å². The molecule has 6 heteroatoms. The highest BCUT2D eigenvalue weighted by Crippen LogP contribution is 2.22. The Balaban J connectivity index is 1.63. The normalized spacial score (nSPS) is 16.4. The molecule has 2 aromatic carbocycles. The van der Waals surface area contributed by atoms with Crippen molar-refractivity contribution in [2.75, 3.05) is 29.9 Å². The molecule has 0 bridgehead atoms. The van der Waals surface area contributed by atoms with Gasteiger partial charge in [0.2, 0.25) is 5.91 Å². The molecule has 3 rings (SSSR count). The van der Waals surface area contributed by atoms with E-state index in [4.69, 9.17) is 5.26 Å². The number of carbonyl (C=O) groups is 2. The Kier molecular flexibility index (Phi) is 5.95. The first-order chi connectivity index (χ1) is 13.5. The second-order valence-corrected chi connectivity index (χ2v) is 7.09. The predicted molar refractivity (Wildman–Crippen MR) is 109 cm³/mol. The predicted octanol–water partition coefficient (Wildman–Crippen LogP) is 3.20. The van der Waals surface area contributed by atoms with Crippen LogP contribution in [0.3, 0.4) is 0 Å². The molecular formula is C22H24N4O2. The molecule has 1 heterocycles. The number of hydrogen-bond acceptors (Lipinski definition) is 4. The zero-order chi connectivity index (χ0) is 20.1. The number of amides is 2. The van der Waals surface area contributed by atoms with Crippen LogP contribution in [0.25, 0.3) is 0 Å². The van der Waals surface area contributed by atoms with Crippen LogP contribution in [0.5, 0.6) is 0 Å². The number of anilines is 2. The summed E-state index contributed by atoms with van der Waals surface area (Å²) in [6.45, 7) is 6.33. The molecule has 144 valence electrons. The second-order valence-electron chi connectivity index (χ2n) is 7.09. The van der Waals surface area contributed by atoms with Crippen molar-refractivity contribution in [2.45, 2.75) is 26.3 Å². The van der Waals surface area contributed by atoms with E-state index in [-0.39, 0.29) is 24.3 Å². The van der Waals surface area contributed by atoms with Crippen LogP contribution in [-0.4, -0.2) is 42.4 Å². The molecule has 0 unspecified atom stereocenters. The molecule has 1 fully saturated rings. The van der Waals surface area contributed by atoms with Crippen LogP contribution in [0.1, 0.15) is 29.3 Å². The average molecular weight is 376 g/mol. The molecule has 0 saturated carbocycles. The number of nitrogens with one attached hydrogen (secondary N) is 1. The Bertz CT molecular complexity index is 901. The van der Waals surface area contributed by atoms with E-state index in [1.165, 1.54) is 11.3 Å². The Morgan fingerprint density at radius 2 is 1.93 bits per heavy atom. The second kappa shape index (κ2) is 8.57. The van der Waals surface area contributed by atoms with E-state index in [0.29, 0.717) is 24.3 Å². The summed E-state index contributed by atoms with van der Waals surface area (Å²) < 4.78 is 0. The molecule has 2 aromatic rings. The highest BCUT2D eigenvalue weighted by Gasteiger charge is 2.27. The minimum Gasteiger partial charge on any atom is -0.365 e. The number of rotatable bonds is 4. The van der Waals surface area contributed by atoms with Gasteiger partial charge < -0.3 is 15.1 Å². The third kappa shape index (κ3) is 4.49. The molecule has 2 amide bonds. The quantitative estimate of drug-likeness (QED) is 0.889. The maximum absolute atomic E-state index is 12.9. The summed E-state index contributed by atoms with van der Waals surface area (Å²) >= 11 is 0. The van der Waals surface area contributed by atoms with Gasteiger partial charge in [-0.2, -0.15) is 5.26 Å². The molecule has 0 aliphatic carbocycles. The van der Waals surface area contributed by atoms with Crippen LogP contribution >= 0.6 is 0 Å². The number of carbonyl (C=O) groups excluding carboxylic acids is 2. The average Bonchev–Trinajstić information content (AvgIpc) is 2.68. The zero-order valence-corrected chi connectivity index (χ0v) is 16.2. The number of aryl methyl sites for hydroxylation is 1. The largest absolute Gasteiger partial charge is 0.365 e. The lowest BCUT2D eigenvalue weighted by Gasteiger charge is -2.41. The van der Waals surface area contributed by atoms with Gasteiger partial charge in [0, 0.05) is 42.6 Å². The molecule has 1 saturated heterocycles. The van der Waals surface area contributed by atoms with Crippen molar-refractivity contribution >= 4 is 23.2 Å². The van der Waals surface area contributed by atoms with E-state index >= 15 is 0 Å². The maximum Gasteiger partial charge on any atom is 0.253 e. The van der Waals surface area contributed by atoms with Crippen LogP contribution in [0, 0.1) is 18.3 Å². The highest BCUT2D eigenvalue weighted by molar-refractivity contribution is 5.96. The van der Waals surface area contributed by atoms with Gasteiger partial charge in [-0.15, -0.1) is 0 Å². The summed E-state index contributed by atoms with van der Waals surface area (Å²) in [6, 6.07) is 17.3. The maximum atomic E-state index is 12.9. The van der Waals surface area contributed by atoms with Crippen molar-refractivity contribution in [2.24, 2.45) is 0 Å². The van der Waals surface area contributed by atoms with Gasteiger partial charge in [0.05, 0.1) is 6.07 Å². The Morgan fingerprint density at radius 1 is 1.18 bits per heavy atom. The van der Waals surface area contributed by atoms with Gasteiger partial charge in [-0.05, 0) is 55.8 Å². The van der Waals surface area contributed by atoms with Crippen molar-refractivity contribution in [3.8, 4) is 6.07 Å². The fourth-order valence-corrected chi connectivity index (χ4v) is 3.49. The first kappa shape index (κ1) is 19.4. The van der Waals surface area contributed by atoms with Crippen LogP contribution in [0.15, 0.2) is 48.5 Å². The van der Waals surface area contributed by atoms with Gasteiger partial charge in [-0.1, -0.05) is 12.1 Å². The summed E-state index contributed by atoms with van der Waals surface area (Å²) in [5.41, 5.74) is 3.59. The minimum absolute atomic E-state index is 0.00866. The van der Waals surface area contributed by atoms with Gasteiger partial charge in [-0.3, -0.25) is 9.59 Å². The lowest BCUT2D eigenvalue weighted by molar-refractivity contribution is -0.115. The van der Waals surface area contributed by atoms with E-state index in [0.717, 1.165) is 6.54 Å². The summed E-state index contributed by atoms with van der Waals surface area (Å²) in [7, 11) is 0. The van der Waals surface area contributed by atoms with Gasteiger partial charge in [0.1, 0.15) is 6.42 Å². The van der Waals surface area contributed by atoms with E-state index in [2.05, 4.69) is 48.3 Å². The lowest BCUT2D eigenvalue weighted by atomic mass is 10.1. The van der Waals surface area contributed by atoms with Crippen LogP contribution in [0.2, 0.25) is 0 Å². The fraction of sp³-hybridized carbons (Fsp3) is 0.318. The molecule has 0 aromatic heterocycles. The molecule has 1 aliphatic rings. The molecule has 6 nitrogen and oxygen atoms in total. The molecular weight excluding hydrogens is 352 g/mol. The summed E-state index contributed by atoms with van der Waals surface area (Å²) in [5.74, 6) is -0.367. The van der Waals surface area contributed by atoms with Crippen LogP contribution in [-0.2, 0) is 4.79 Å². The number of nitriles is 1. The Morgan fingerprint density at radius 3 is 2.57 bits per heavy atom. The first-order valence-electron chi connectivity index (χ1n) is 9.37. The van der Waals surface area contributed by atoms with Crippen LogP contribution < -0.4 is 10.2 Å². The van der Waals surface area contributed by atoms with E-state index in [9.17, 15) is 9.59 Å². The van der Waals surface area contributed by atoms with Crippen molar-refractivity contribution in [1.82, 2.24) is 4.90 Å². The molecule has 0 spiro atoms. The minimum atomic E-state index is -0.359. The topological polar surface area (TPSA) is 76.4 Å². The van der Waals surface area contributed by atoms with Crippen LogP contribution in [0.4, 0.5) is 11.4 Å². The van der Waals surface area contributed by atoms with Gasteiger partial charge in [-0.25, -0.2) is 0 Å². The van der Waals surface area contributed by atoms with Gasteiger partial charge in [0.15, 0.2) is 0 Å². The SMILES string of the molecule is Cc1cccc(N2CCN(C(=O)c3ccc(NC(=O)CC#N)cc3)C[C@H]2C)c1. The number of nitrogens with zero attached hydrogens (tertiary/aromatic N) is 3. The fourth-order valence-electron chi connectivity index (χ4n) is 3.49. The van der Waals surface area contributed by atoms with Gasteiger partial charge >= 0.3 is 0 Å².